The van der Waals surface area contributed by atoms with Crippen molar-refractivity contribution in [1.29, 1.82) is 5.26 Å². The maximum absolute atomic E-state index is 9.00. The van der Waals surface area contributed by atoms with Gasteiger partial charge in [-0.05, 0) is 36.5 Å². The molecule has 1 atom stereocenters. The monoisotopic (exact) mass is 282 g/mol. The second-order valence-electron chi connectivity index (χ2n) is 5.22. The van der Waals surface area contributed by atoms with E-state index in [0.717, 1.165) is 6.54 Å². The van der Waals surface area contributed by atoms with Crippen molar-refractivity contribution in [3.8, 4) is 6.07 Å². The molecule has 1 unspecified atom stereocenters. The Labute approximate surface area is 124 Å². The summed E-state index contributed by atoms with van der Waals surface area (Å²) in [5.74, 6) is 0. The van der Waals surface area contributed by atoms with Crippen LogP contribution in [0.15, 0.2) is 36.4 Å². The molecule has 0 saturated heterocycles. The summed E-state index contributed by atoms with van der Waals surface area (Å²) in [7, 11) is 0. The normalized spacial score (nSPS) is 14.8. The third-order valence-corrected chi connectivity index (χ3v) is 5.05. The fraction of sp³-hybridized carbons (Fsp3) is 0.353. The van der Waals surface area contributed by atoms with Gasteiger partial charge < -0.3 is 5.32 Å². The van der Waals surface area contributed by atoms with E-state index in [9.17, 15) is 0 Å². The molecule has 0 spiro atoms. The van der Waals surface area contributed by atoms with Gasteiger partial charge in [0.05, 0.1) is 12.5 Å². The zero-order valence-electron chi connectivity index (χ0n) is 11.4. The van der Waals surface area contributed by atoms with Crippen molar-refractivity contribution in [3.05, 3.63) is 57.3 Å². The van der Waals surface area contributed by atoms with Crippen molar-refractivity contribution in [2.45, 2.75) is 38.3 Å². The van der Waals surface area contributed by atoms with Crippen LogP contribution in [-0.2, 0) is 19.4 Å². The maximum Gasteiger partial charge on any atom is 0.0641 e. The summed E-state index contributed by atoms with van der Waals surface area (Å²) in [5, 5.41) is 12.5. The highest BCUT2D eigenvalue weighted by Gasteiger charge is 2.16. The molecule has 102 valence electrons. The predicted octanol–water partition coefficient (Wildman–Crippen LogP) is 3.98. The van der Waals surface area contributed by atoms with E-state index in [4.69, 9.17) is 5.26 Å². The van der Waals surface area contributed by atoms with Crippen LogP contribution in [0.1, 0.15) is 39.8 Å². The zero-order valence-corrected chi connectivity index (χ0v) is 12.2. The number of nitrogens with one attached hydrogen (secondary N) is 1. The van der Waals surface area contributed by atoms with Crippen LogP contribution in [0, 0.1) is 11.3 Å². The van der Waals surface area contributed by atoms with Gasteiger partial charge in [-0.3, -0.25) is 0 Å². The first-order valence-corrected chi connectivity index (χ1v) is 7.94. The van der Waals surface area contributed by atoms with Gasteiger partial charge >= 0.3 is 0 Å². The van der Waals surface area contributed by atoms with Gasteiger partial charge in [-0.1, -0.05) is 30.3 Å². The molecule has 3 rings (SSSR count). The van der Waals surface area contributed by atoms with Gasteiger partial charge in [0.25, 0.3) is 0 Å². The van der Waals surface area contributed by atoms with Crippen molar-refractivity contribution in [3.63, 3.8) is 0 Å². The van der Waals surface area contributed by atoms with Crippen LogP contribution in [0.25, 0.3) is 0 Å². The minimum absolute atomic E-state index is 0.123. The standard InChI is InChI=1S/C17H18N2S/c18-10-9-16(13-5-2-1-3-6-13)19-12-15-11-14-7-4-8-17(14)20-15/h1-3,5-6,11,16,19H,4,7-9,12H2. The van der Waals surface area contributed by atoms with Gasteiger partial charge in [0.1, 0.15) is 0 Å². The van der Waals surface area contributed by atoms with Gasteiger partial charge in [0.2, 0.25) is 0 Å². The van der Waals surface area contributed by atoms with Crippen LogP contribution < -0.4 is 5.32 Å². The van der Waals surface area contributed by atoms with Gasteiger partial charge in [-0.25, -0.2) is 0 Å². The highest BCUT2D eigenvalue weighted by Crippen LogP contribution is 2.31. The average Bonchev–Trinajstić information content (AvgIpc) is 3.05. The number of nitriles is 1. The summed E-state index contributed by atoms with van der Waals surface area (Å²) in [6.07, 6.45) is 4.32. The first-order valence-electron chi connectivity index (χ1n) is 7.12. The fourth-order valence-corrected chi connectivity index (χ4v) is 4.00. The molecule has 1 aromatic heterocycles. The lowest BCUT2D eigenvalue weighted by Crippen LogP contribution is -2.20. The van der Waals surface area contributed by atoms with Crippen LogP contribution in [0.4, 0.5) is 0 Å². The molecule has 1 aliphatic carbocycles. The Morgan fingerprint density at radius 2 is 2.10 bits per heavy atom. The van der Waals surface area contributed by atoms with E-state index in [1.165, 1.54) is 29.7 Å². The van der Waals surface area contributed by atoms with E-state index in [2.05, 4.69) is 29.6 Å². The molecule has 0 fully saturated rings. The Morgan fingerprint density at radius 1 is 1.25 bits per heavy atom. The molecule has 1 aliphatic rings. The van der Waals surface area contributed by atoms with Gasteiger partial charge in [-0.2, -0.15) is 5.26 Å². The number of thiophene rings is 1. The van der Waals surface area contributed by atoms with Crippen molar-refractivity contribution in [2.24, 2.45) is 0 Å². The molecule has 0 radical (unpaired) electrons. The fourth-order valence-electron chi connectivity index (χ4n) is 2.79. The Kier molecular flexibility index (Phi) is 4.15. The Hall–Kier alpha value is -1.63. The van der Waals surface area contributed by atoms with E-state index < -0.39 is 0 Å². The van der Waals surface area contributed by atoms with Crippen molar-refractivity contribution >= 4 is 11.3 Å². The summed E-state index contributed by atoms with van der Waals surface area (Å²) in [6, 6.07) is 15.0. The highest BCUT2D eigenvalue weighted by atomic mass is 32.1. The lowest BCUT2D eigenvalue weighted by Gasteiger charge is -2.15. The van der Waals surface area contributed by atoms with Crippen LogP contribution in [0.5, 0.6) is 0 Å². The summed E-state index contributed by atoms with van der Waals surface area (Å²) < 4.78 is 0. The molecule has 1 aromatic carbocycles. The Balaban J connectivity index is 1.66. The predicted molar refractivity (Wildman–Crippen MR) is 82.6 cm³/mol. The molecule has 2 aromatic rings. The topological polar surface area (TPSA) is 35.8 Å². The molecule has 1 N–H and O–H groups in total. The highest BCUT2D eigenvalue weighted by molar-refractivity contribution is 7.12. The van der Waals surface area contributed by atoms with Crippen LogP contribution >= 0.6 is 11.3 Å². The van der Waals surface area contributed by atoms with Crippen LogP contribution in [-0.4, -0.2) is 0 Å². The number of aryl methyl sites for hydroxylation is 2. The van der Waals surface area contributed by atoms with E-state index >= 15 is 0 Å². The molecule has 0 aliphatic heterocycles. The van der Waals surface area contributed by atoms with E-state index in [1.54, 1.807) is 10.4 Å². The Morgan fingerprint density at radius 3 is 2.85 bits per heavy atom. The number of rotatable bonds is 5. The summed E-state index contributed by atoms with van der Waals surface area (Å²) >= 11 is 1.93. The maximum atomic E-state index is 9.00. The third kappa shape index (κ3) is 2.92. The van der Waals surface area contributed by atoms with Crippen molar-refractivity contribution < 1.29 is 0 Å². The zero-order chi connectivity index (χ0) is 13.8. The minimum atomic E-state index is 0.123. The summed E-state index contributed by atoms with van der Waals surface area (Å²) in [4.78, 5) is 2.96. The molecule has 0 saturated carbocycles. The molecule has 20 heavy (non-hydrogen) atoms. The second kappa shape index (κ2) is 6.21. The molecule has 0 amide bonds. The van der Waals surface area contributed by atoms with E-state index in [-0.39, 0.29) is 6.04 Å². The number of fused-ring (bicyclic) bond motifs is 1. The quantitative estimate of drug-likeness (QED) is 0.900. The Bertz CT molecular complexity index is 588. The molecule has 1 heterocycles. The first kappa shape index (κ1) is 13.4. The van der Waals surface area contributed by atoms with Gasteiger partial charge in [-0.15, -0.1) is 11.3 Å². The largest absolute Gasteiger partial charge is 0.304 e. The smallest absolute Gasteiger partial charge is 0.0641 e. The first-order chi connectivity index (χ1) is 9.86. The summed E-state index contributed by atoms with van der Waals surface area (Å²) in [5.41, 5.74) is 2.74. The molecule has 3 heteroatoms. The number of benzene rings is 1. The molecule has 2 nitrogen and oxygen atoms in total. The van der Waals surface area contributed by atoms with Crippen LogP contribution in [0.2, 0.25) is 0 Å². The molecule has 0 bridgehead atoms. The van der Waals surface area contributed by atoms with Crippen molar-refractivity contribution in [1.82, 2.24) is 5.32 Å². The third-order valence-electron chi connectivity index (χ3n) is 3.82. The lowest BCUT2D eigenvalue weighted by atomic mass is 10.0. The molecular formula is C17H18N2S. The van der Waals surface area contributed by atoms with Crippen molar-refractivity contribution in [2.75, 3.05) is 0 Å². The number of hydrogen-bond acceptors (Lipinski definition) is 3. The number of nitrogens with zero attached hydrogens (tertiary/aromatic N) is 1. The van der Waals surface area contributed by atoms with E-state index in [0.29, 0.717) is 6.42 Å². The van der Waals surface area contributed by atoms with Gasteiger partial charge in [0, 0.05) is 22.3 Å². The van der Waals surface area contributed by atoms with E-state index in [1.807, 2.05) is 29.5 Å². The minimum Gasteiger partial charge on any atom is -0.304 e. The second-order valence-corrected chi connectivity index (χ2v) is 6.44. The number of hydrogen-bond donors (Lipinski definition) is 1. The van der Waals surface area contributed by atoms with Gasteiger partial charge in [0.15, 0.2) is 0 Å². The van der Waals surface area contributed by atoms with Crippen LogP contribution in [0.3, 0.4) is 0 Å². The molecular weight excluding hydrogens is 264 g/mol. The summed E-state index contributed by atoms with van der Waals surface area (Å²) in [6.45, 7) is 0.860. The lowest BCUT2D eigenvalue weighted by molar-refractivity contribution is 0.546. The average molecular weight is 282 g/mol. The SMILES string of the molecule is N#CCC(NCc1cc2c(s1)CCC2)c1ccccc1.